The van der Waals surface area contributed by atoms with Crippen LogP contribution in [0.5, 0.6) is 0 Å². The molecule has 0 aliphatic carbocycles. The van der Waals surface area contributed by atoms with Gasteiger partial charge in [0.25, 0.3) is 0 Å². The smallest absolute Gasteiger partial charge is 0 e. The van der Waals surface area contributed by atoms with Crippen LogP contribution in [0.4, 0.5) is 0 Å². The summed E-state index contributed by atoms with van der Waals surface area (Å²) in [4.78, 5) is 24.6. The third-order valence-electron chi connectivity index (χ3n) is 4.28. The number of ether oxygens (including phenoxy) is 3. The van der Waals surface area contributed by atoms with Crippen LogP contribution < -0.4 is 0 Å². The van der Waals surface area contributed by atoms with Crippen molar-refractivity contribution in [3.63, 3.8) is 0 Å². The summed E-state index contributed by atoms with van der Waals surface area (Å²) < 4.78 is 60.9. The SMILES string of the molecule is CCCCCC#C[C@H]1O[C@@H]([Si](C)(C)C)[C@H](C(=O)OC)[C@@H]1C(=O)OC.[C-]#[O+].[C-]#[O+].[C-]#[O+].[C-]#[O+].[C-]#[O+].[C-]#[O+].[Co].[Co]. The Bertz CT molecular complexity index is 710. The van der Waals surface area contributed by atoms with Crippen LogP contribution in [-0.2, 0) is 85.3 Å². The molecule has 0 saturated carbocycles. The van der Waals surface area contributed by atoms with Crippen molar-refractivity contribution in [2.75, 3.05) is 14.2 Å². The van der Waals surface area contributed by atoms with Crippen LogP contribution in [0.15, 0.2) is 0 Å². The van der Waals surface area contributed by atoms with Gasteiger partial charge in [0.05, 0.1) is 33.9 Å². The summed E-state index contributed by atoms with van der Waals surface area (Å²) in [7, 11) is 0.791. The summed E-state index contributed by atoms with van der Waals surface area (Å²) in [5, 5.41) is 0. The van der Waals surface area contributed by atoms with Gasteiger partial charge in [-0.3, -0.25) is 9.59 Å². The fourth-order valence-corrected chi connectivity index (χ4v) is 4.99. The van der Waals surface area contributed by atoms with Crippen molar-refractivity contribution in [2.24, 2.45) is 11.8 Å². The average Bonchev–Trinajstić information content (AvgIpc) is 3.34. The van der Waals surface area contributed by atoms with E-state index in [1.54, 1.807) is 0 Å². The monoisotopic (exact) mass is 640 g/mol. The molecule has 0 bridgehead atoms. The van der Waals surface area contributed by atoms with Crippen LogP contribution in [0.2, 0.25) is 19.6 Å². The normalized spacial score (nSPS) is 17.0. The predicted octanol–water partition coefficient (Wildman–Crippen LogP) is 2.56. The molecule has 2 radical (unpaired) electrons. The Morgan fingerprint density at radius 2 is 1.13 bits per heavy atom. The van der Waals surface area contributed by atoms with E-state index in [1.807, 2.05) is 0 Å². The maximum atomic E-state index is 12.3. The number of hydrogen-bond acceptors (Lipinski definition) is 5. The van der Waals surface area contributed by atoms with Crippen LogP contribution in [0, 0.1) is 63.6 Å². The molecule has 0 N–H and O–H groups in total. The molecule has 1 aliphatic heterocycles. The first-order valence-corrected chi connectivity index (χ1v) is 13.4. The van der Waals surface area contributed by atoms with Crippen molar-refractivity contribution in [3.8, 4) is 11.8 Å². The van der Waals surface area contributed by atoms with Gasteiger partial charge in [-0.2, -0.15) is 0 Å². The van der Waals surface area contributed by atoms with Crippen LogP contribution in [0.3, 0.4) is 0 Å². The first-order chi connectivity index (χ1) is 17.3. The predicted molar refractivity (Wildman–Crippen MR) is 119 cm³/mol. The van der Waals surface area contributed by atoms with Gasteiger partial charge in [-0.15, -0.1) is 5.92 Å². The quantitative estimate of drug-likeness (QED) is 0.108. The van der Waals surface area contributed by atoms with Crippen molar-refractivity contribution in [1.82, 2.24) is 0 Å². The zero-order valence-corrected chi connectivity index (χ0v) is 24.9. The maximum Gasteiger partial charge on any atom is 0 e. The van der Waals surface area contributed by atoms with E-state index in [4.69, 9.17) is 42.1 Å². The molecule has 38 heavy (non-hydrogen) atoms. The second kappa shape index (κ2) is 42.2. The topological polar surface area (TPSA) is 181 Å². The molecular weight excluding hydrogens is 610 g/mol. The Kier molecular flexibility index (Phi) is 62.6. The summed E-state index contributed by atoms with van der Waals surface area (Å²) >= 11 is 0. The molecule has 0 amide bonds. The number of carbonyl (C=O) groups is 2. The van der Waals surface area contributed by atoms with Gasteiger partial charge >= 0.3 is 79.8 Å². The van der Waals surface area contributed by atoms with Crippen molar-refractivity contribution >= 4 is 20.0 Å². The van der Waals surface area contributed by atoms with E-state index in [-0.39, 0.29) is 39.3 Å². The Hall–Kier alpha value is -1.87. The van der Waals surface area contributed by atoms with E-state index in [0.717, 1.165) is 25.7 Å². The van der Waals surface area contributed by atoms with E-state index in [0.29, 0.717) is 0 Å². The molecule has 0 aromatic carbocycles. The van der Waals surface area contributed by atoms with E-state index in [2.05, 4.69) is 78.3 Å². The summed E-state index contributed by atoms with van der Waals surface area (Å²) in [5.41, 5.74) is -0.316. The minimum absolute atomic E-state index is 0. The molecule has 214 valence electrons. The minimum Gasteiger partial charge on any atom is 0 e. The Labute approximate surface area is 246 Å². The van der Waals surface area contributed by atoms with E-state index < -0.39 is 38.0 Å². The molecule has 4 atom stereocenters. The van der Waals surface area contributed by atoms with Gasteiger partial charge in [-0.25, -0.2) is 0 Å². The minimum atomic E-state index is -1.87. The average molecular weight is 640 g/mol. The van der Waals surface area contributed by atoms with Gasteiger partial charge in [0.15, 0.2) is 0 Å². The van der Waals surface area contributed by atoms with E-state index >= 15 is 0 Å². The van der Waals surface area contributed by atoms with Crippen molar-refractivity contribution < 1.29 is 85.3 Å². The fourth-order valence-electron chi connectivity index (χ4n) is 3.02. The van der Waals surface area contributed by atoms with Crippen LogP contribution >= 0.6 is 0 Å². The van der Waals surface area contributed by atoms with Crippen LogP contribution in [0.25, 0.3) is 0 Å². The zero-order valence-electron chi connectivity index (χ0n) is 21.8. The largest absolute Gasteiger partial charge is 0 e. The molecule has 0 aromatic rings. The molecule has 1 rings (SSSR count). The van der Waals surface area contributed by atoms with Crippen molar-refractivity contribution in [2.45, 2.75) is 64.1 Å². The maximum absolute atomic E-state index is 12.3. The molecule has 14 heteroatoms. The molecule has 0 aromatic heterocycles. The van der Waals surface area contributed by atoms with Crippen molar-refractivity contribution in [1.29, 1.82) is 0 Å². The first-order valence-electron chi connectivity index (χ1n) is 9.79. The van der Waals surface area contributed by atoms with Gasteiger partial charge in [-0.1, -0.05) is 45.3 Å². The third kappa shape index (κ3) is 24.5. The van der Waals surface area contributed by atoms with Gasteiger partial charge in [0.1, 0.15) is 12.0 Å². The number of hydrogen-bond donors (Lipinski definition) is 0. The van der Waals surface area contributed by atoms with Crippen molar-refractivity contribution in [3.05, 3.63) is 39.9 Å². The molecule has 11 nitrogen and oxygen atoms in total. The molecule has 1 heterocycles. The molecule has 1 fully saturated rings. The molecule has 0 spiro atoms. The third-order valence-corrected chi connectivity index (χ3v) is 6.48. The van der Waals surface area contributed by atoms with Gasteiger partial charge < -0.3 is 14.2 Å². The Balaban J connectivity index is -0.0000000940. The Morgan fingerprint density at radius 1 is 0.763 bits per heavy atom. The molecule has 1 aliphatic rings. The zero-order chi connectivity index (χ0) is 30.3. The number of methoxy groups -OCH3 is 2. The first kappa shape index (κ1) is 56.3. The molecular formula is C24H30Co2O11Si. The molecule has 0 unspecified atom stereocenters. The van der Waals surface area contributed by atoms with Crippen LogP contribution in [-0.4, -0.2) is 46.1 Å². The number of unbranched alkanes of at least 4 members (excludes halogenated alkanes) is 3. The van der Waals surface area contributed by atoms with Crippen LogP contribution in [0.1, 0.15) is 32.6 Å². The summed E-state index contributed by atoms with van der Waals surface area (Å²) in [6, 6.07) is 0. The number of rotatable bonds is 6. The molecule has 1 saturated heterocycles. The van der Waals surface area contributed by atoms with E-state index in [1.165, 1.54) is 14.2 Å². The number of esters is 2. The second-order valence-corrected chi connectivity index (χ2v) is 12.5. The van der Waals surface area contributed by atoms with E-state index in [9.17, 15) is 9.59 Å². The standard InChI is InChI=1S/C18H30O5Si.6CO.2Co/c1-7-8-9-10-11-12-13-14(16(19)21-2)15(17(20)22-3)18(23-13)24(4,5)6;6*1-2;;/h13-15,18H,7-10H2,1-6H3;;;;;;;;/t13-,14-,15+,18+;;;;;;;;/m1......../s1. The fraction of sp³-hybridized carbons (Fsp3) is 0.583. The summed E-state index contributed by atoms with van der Waals surface area (Å²) in [6.45, 7) is 35.5. The number of carbonyl (C=O) groups excluding carboxylic acids is 2. The van der Waals surface area contributed by atoms with Gasteiger partial charge in [0.2, 0.25) is 0 Å². The summed E-state index contributed by atoms with van der Waals surface area (Å²) in [5.74, 6) is 3.90. The summed E-state index contributed by atoms with van der Waals surface area (Å²) in [6.07, 6.45) is 3.44. The van der Waals surface area contributed by atoms with Gasteiger partial charge in [0, 0.05) is 40.0 Å². The Morgan fingerprint density at radius 3 is 1.45 bits per heavy atom. The van der Waals surface area contributed by atoms with Gasteiger partial charge in [-0.05, 0) is 6.42 Å². The second-order valence-electron chi connectivity index (χ2n) is 7.22.